The van der Waals surface area contributed by atoms with Crippen molar-refractivity contribution in [1.82, 2.24) is 5.32 Å². The fourth-order valence-corrected chi connectivity index (χ4v) is 2.49. The summed E-state index contributed by atoms with van der Waals surface area (Å²) in [5, 5.41) is 2.76. The molecule has 3 atom stereocenters. The molecule has 2 rings (SSSR count). The minimum absolute atomic E-state index is 0.214. The molecule has 0 aromatic carbocycles. The van der Waals surface area contributed by atoms with Crippen molar-refractivity contribution in [2.24, 2.45) is 11.8 Å². The molecular formula is C9H13F2NO2. The number of nitrogens with one attached hydrogen (secondary N) is 1. The van der Waals surface area contributed by atoms with Crippen LogP contribution in [0.5, 0.6) is 0 Å². The molecule has 1 heterocycles. The van der Waals surface area contributed by atoms with Crippen molar-refractivity contribution >= 4 is 5.97 Å². The van der Waals surface area contributed by atoms with Crippen LogP contribution in [0.1, 0.15) is 12.8 Å². The summed E-state index contributed by atoms with van der Waals surface area (Å²) in [6.45, 7) is -0.254. The van der Waals surface area contributed by atoms with E-state index in [1.165, 1.54) is 7.11 Å². The van der Waals surface area contributed by atoms with Crippen molar-refractivity contribution in [2.75, 3.05) is 13.7 Å². The van der Waals surface area contributed by atoms with Gasteiger partial charge in [0.15, 0.2) is 0 Å². The normalized spacial score (nSPS) is 39.5. The molecule has 0 radical (unpaired) electrons. The molecule has 1 aliphatic heterocycles. The van der Waals surface area contributed by atoms with Gasteiger partial charge in [-0.15, -0.1) is 0 Å². The zero-order valence-corrected chi connectivity index (χ0v) is 7.93. The molecule has 1 saturated heterocycles. The van der Waals surface area contributed by atoms with Crippen LogP contribution >= 0.6 is 0 Å². The molecule has 80 valence electrons. The van der Waals surface area contributed by atoms with Crippen LogP contribution in [0.3, 0.4) is 0 Å². The minimum Gasteiger partial charge on any atom is -0.469 e. The number of hydrogen-bond donors (Lipinski definition) is 1. The Bertz CT molecular complexity index is 257. The van der Waals surface area contributed by atoms with Crippen molar-refractivity contribution in [2.45, 2.75) is 24.8 Å². The third-order valence-corrected chi connectivity index (χ3v) is 3.24. The minimum atomic E-state index is -2.66. The molecule has 1 unspecified atom stereocenters. The number of carbonyl (C=O) groups is 1. The first kappa shape index (κ1) is 9.83. The second-order valence-corrected chi connectivity index (χ2v) is 4.05. The van der Waals surface area contributed by atoms with Crippen LogP contribution < -0.4 is 5.32 Å². The Hall–Kier alpha value is -0.710. The maximum absolute atomic E-state index is 13.2. The first-order valence-electron chi connectivity index (χ1n) is 4.73. The number of fused-ring (bicyclic) bond motifs is 1. The maximum atomic E-state index is 13.2. The highest BCUT2D eigenvalue weighted by molar-refractivity contribution is 5.72. The Morgan fingerprint density at radius 1 is 1.50 bits per heavy atom. The topological polar surface area (TPSA) is 38.3 Å². The van der Waals surface area contributed by atoms with E-state index in [1.54, 1.807) is 0 Å². The van der Waals surface area contributed by atoms with E-state index in [1.807, 2.05) is 0 Å². The van der Waals surface area contributed by atoms with Crippen LogP contribution in [-0.4, -0.2) is 31.6 Å². The van der Waals surface area contributed by atoms with Gasteiger partial charge in [0.25, 0.3) is 5.92 Å². The molecule has 14 heavy (non-hydrogen) atoms. The summed E-state index contributed by atoms with van der Waals surface area (Å²) in [5.74, 6) is -4.06. The lowest BCUT2D eigenvalue weighted by Gasteiger charge is -2.16. The third kappa shape index (κ3) is 1.39. The summed E-state index contributed by atoms with van der Waals surface area (Å²) in [4.78, 5) is 11.2. The molecule has 1 saturated carbocycles. The molecule has 0 spiro atoms. The van der Waals surface area contributed by atoms with E-state index >= 15 is 0 Å². The molecule has 0 aromatic rings. The first-order valence-corrected chi connectivity index (χ1v) is 4.73. The molecule has 2 aliphatic rings. The second-order valence-electron chi connectivity index (χ2n) is 4.05. The lowest BCUT2D eigenvalue weighted by Crippen LogP contribution is -2.28. The Morgan fingerprint density at radius 3 is 2.79 bits per heavy atom. The number of methoxy groups -OCH3 is 1. The quantitative estimate of drug-likeness (QED) is 0.643. The summed E-state index contributed by atoms with van der Waals surface area (Å²) >= 11 is 0. The largest absolute Gasteiger partial charge is 0.469 e. The average molecular weight is 205 g/mol. The van der Waals surface area contributed by atoms with Crippen LogP contribution in [0.25, 0.3) is 0 Å². The molecule has 0 amide bonds. The van der Waals surface area contributed by atoms with Gasteiger partial charge in [-0.25, -0.2) is 8.78 Å². The van der Waals surface area contributed by atoms with Gasteiger partial charge in [0.2, 0.25) is 0 Å². The van der Waals surface area contributed by atoms with Crippen LogP contribution in [0.15, 0.2) is 0 Å². The summed E-state index contributed by atoms with van der Waals surface area (Å²) in [6, 6.07) is -0.214. The number of carbonyl (C=O) groups excluding carboxylic acids is 1. The van der Waals surface area contributed by atoms with Gasteiger partial charge in [-0.3, -0.25) is 4.79 Å². The lowest BCUT2D eigenvalue weighted by molar-refractivity contribution is -0.145. The Balaban J connectivity index is 2.05. The number of halogens is 2. The predicted molar refractivity (Wildman–Crippen MR) is 45.0 cm³/mol. The highest BCUT2D eigenvalue weighted by atomic mass is 19.3. The number of rotatable bonds is 1. The highest BCUT2D eigenvalue weighted by Gasteiger charge is 2.55. The van der Waals surface area contributed by atoms with Crippen LogP contribution in [0.4, 0.5) is 8.78 Å². The second kappa shape index (κ2) is 3.15. The van der Waals surface area contributed by atoms with Crippen LogP contribution in [0, 0.1) is 11.8 Å². The van der Waals surface area contributed by atoms with E-state index in [0.717, 1.165) is 0 Å². The Labute approximate surface area is 80.8 Å². The zero-order valence-electron chi connectivity index (χ0n) is 7.93. The van der Waals surface area contributed by atoms with Crippen molar-refractivity contribution in [1.29, 1.82) is 0 Å². The molecular weight excluding hydrogens is 192 g/mol. The summed E-state index contributed by atoms with van der Waals surface area (Å²) < 4.78 is 31.0. The van der Waals surface area contributed by atoms with Crippen molar-refractivity contribution in [3.05, 3.63) is 0 Å². The van der Waals surface area contributed by atoms with Crippen LogP contribution in [0.2, 0.25) is 0 Å². The van der Waals surface area contributed by atoms with Crippen LogP contribution in [-0.2, 0) is 9.53 Å². The molecule has 1 N–H and O–H groups in total. The predicted octanol–water partition coefficient (Wildman–Crippen LogP) is 0.793. The van der Waals surface area contributed by atoms with E-state index in [2.05, 4.69) is 10.1 Å². The fourth-order valence-electron chi connectivity index (χ4n) is 2.49. The lowest BCUT2D eigenvalue weighted by atomic mass is 9.99. The van der Waals surface area contributed by atoms with E-state index in [4.69, 9.17) is 0 Å². The third-order valence-electron chi connectivity index (χ3n) is 3.24. The van der Waals surface area contributed by atoms with Gasteiger partial charge in [0, 0.05) is 12.0 Å². The van der Waals surface area contributed by atoms with Gasteiger partial charge in [-0.1, -0.05) is 0 Å². The Morgan fingerprint density at radius 2 is 2.21 bits per heavy atom. The van der Waals surface area contributed by atoms with E-state index in [-0.39, 0.29) is 30.9 Å². The molecule has 0 aromatic heterocycles. The monoisotopic (exact) mass is 205 g/mol. The van der Waals surface area contributed by atoms with Gasteiger partial charge in [0.05, 0.1) is 19.6 Å². The molecule has 5 heteroatoms. The van der Waals surface area contributed by atoms with Gasteiger partial charge < -0.3 is 10.1 Å². The summed E-state index contributed by atoms with van der Waals surface area (Å²) in [7, 11) is 1.29. The van der Waals surface area contributed by atoms with Crippen molar-refractivity contribution in [3.63, 3.8) is 0 Å². The number of alkyl halides is 2. The van der Waals surface area contributed by atoms with E-state index in [9.17, 15) is 13.6 Å². The van der Waals surface area contributed by atoms with E-state index < -0.39 is 11.8 Å². The fraction of sp³-hybridized carbons (Fsp3) is 0.889. The van der Waals surface area contributed by atoms with Crippen molar-refractivity contribution in [3.8, 4) is 0 Å². The van der Waals surface area contributed by atoms with Gasteiger partial charge >= 0.3 is 5.97 Å². The number of esters is 1. The summed E-state index contributed by atoms with van der Waals surface area (Å²) in [5.41, 5.74) is 0. The van der Waals surface area contributed by atoms with Gasteiger partial charge in [0.1, 0.15) is 0 Å². The summed E-state index contributed by atoms with van der Waals surface area (Å²) in [6.07, 6.45) is 0.726. The van der Waals surface area contributed by atoms with Crippen molar-refractivity contribution < 1.29 is 18.3 Å². The van der Waals surface area contributed by atoms with Gasteiger partial charge in [-0.05, 0) is 12.8 Å². The highest BCUT2D eigenvalue weighted by Crippen LogP contribution is 2.44. The smallest absolute Gasteiger partial charge is 0.308 e. The first-order chi connectivity index (χ1) is 6.54. The maximum Gasteiger partial charge on any atom is 0.308 e. The SMILES string of the molecule is COC(=O)C1C[C@H]2NCC(F)(F)[C@H]2C1. The molecule has 2 fully saturated rings. The Kier molecular flexibility index (Phi) is 2.21. The number of hydrogen-bond acceptors (Lipinski definition) is 3. The number of ether oxygens (including phenoxy) is 1. The molecule has 0 bridgehead atoms. The average Bonchev–Trinajstić information content (AvgIpc) is 2.67. The molecule has 3 nitrogen and oxygen atoms in total. The van der Waals surface area contributed by atoms with E-state index in [0.29, 0.717) is 6.42 Å². The standard InChI is InChI=1S/C9H13F2NO2/c1-14-8(13)5-2-6-7(3-5)12-4-9(6,10)11/h5-7,12H,2-4H2,1H3/t5?,6-,7+/m0/s1. The zero-order chi connectivity index (χ0) is 10.3. The van der Waals surface area contributed by atoms with Gasteiger partial charge in [-0.2, -0.15) is 0 Å². The molecule has 1 aliphatic carbocycles.